The maximum Gasteiger partial charge on any atom is 0.393 e. The van der Waals surface area contributed by atoms with Crippen molar-refractivity contribution in [1.82, 2.24) is 4.90 Å². The number of benzene rings is 1. The van der Waals surface area contributed by atoms with Crippen molar-refractivity contribution >= 4 is 11.8 Å². The van der Waals surface area contributed by atoms with Crippen molar-refractivity contribution in [2.45, 2.75) is 35.6 Å². The number of piperidine rings is 1. The molecule has 0 amide bonds. The minimum absolute atomic E-state index is 0.177. The van der Waals surface area contributed by atoms with E-state index in [0.29, 0.717) is 11.7 Å². The molecule has 0 N–H and O–H groups in total. The van der Waals surface area contributed by atoms with Gasteiger partial charge in [-0.15, -0.1) is 11.8 Å². The lowest BCUT2D eigenvalue weighted by atomic mass is 9.97. The number of fused-ring (bicyclic) bond motifs is 1. The van der Waals surface area contributed by atoms with E-state index >= 15 is 0 Å². The van der Waals surface area contributed by atoms with E-state index in [-0.39, 0.29) is 13.0 Å². The van der Waals surface area contributed by atoms with Crippen molar-refractivity contribution < 1.29 is 13.2 Å². The van der Waals surface area contributed by atoms with E-state index in [9.17, 15) is 13.2 Å². The average Bonchev–Trinajstić information content (AvgIpc) is 2.80. The van der Waals surface area contributed by atoms with Gasteiger partial charge in [-0.2, -0.15) is 13.2 Å². The van der Waals surface area contributed by atoms with Crippen LogP contribution in [0, 0.1) is 5.92 Å². The number of hydrogen-bond acceptors (Lipinski definition) is 2. The quantitative estimate of drug-likeness (QED) is 0.813. The molecule has 110 valence electrons. The van der Waals surface area contributed by atoms with Crippen molar-refractivity contribution in [3.63, 3.8) is 0 Å². The van der Waals surface area contributed by atoms with Gasteiger partial charge in [-0.3, -0.25) is 0 Å². The Morgan fingerprint density at radius 1 is 1.25 bits per heavy atom. The zero-order valence-corrected chi connectivity index (χ0v) is 12.0. The zero-order valence-electron chi connectivity index (χ0n) is 11.2. The summed E-state index contributed by atoms with van der Waals surface area (Å²) >= 11 is 1.82. The third-order valence-corrected chi connectivity index (χ3v) is 5.45. The Balaban J connectivity index is 1.57. The molecule has 3 rings (SSSR count). The van der Waals surface area contributed by atoms with Crippen molar-refractivity contribution in [2.75, 3.05) is 19.6 Å². The molecule has 2 heterocycles. The SMILES string of the molecule is FC(F)(F)C1CCCN(CC2Cc3ccccc3S2)C1. The lowest BCUT2D eigenvalue weighted by Gasteiger charge is -2.34. The second-order valence-corrected chi connectivity index (χ2v) is 7.03. The van der Waals surface area contributed by atoms with Crippen LogP contribution in [0.15, 0.2) is 29.2 Å². The van der Waals surface area contributed by atoms with Crippen LogP contribution in [0.4, 0.5) is 13.2 Å². The number of thioether (sulfide) groups is 1. The topological polar surface area (TPSA) is 3.24 Å². The van der Waals surface area contributed by atoms with Crippen LogP contribution in [0.2, 0.25) is 0 Å². The first-order valence-corrected chi connectivity index (χ1v) is 7.94. The molecule has 5 heteroatoms. The second kappa shape index (κ2) is 5.60. The number of nitrogens with zero attached hydrogens (tertiary/aromatic N) is 1. The third kappa shape index (κ3) is 3.14. The fraction of sp³-hybridized carbons (Fsp3) is 0.600. The summed E-state index contributed by atoms with van der Waals surface area (Å²) in [5, 5.41) is 0.402. The fourth-order valence-electron chi connectivity index (χ4n) is 3.13. The van der Waals surface area contributed by atoms with Gasteiger partial charge in [0.05, 0.1) is 5.92 Å². The van der Waals surface area contributed by atoms with Crippen LogP contribution in [0.5, 0.6) is 0 Å². The number of alkyl halides is 3. The summed E-state index contributed by atoms with van der Waals surface area (Å²) in [5.74, 6) is -1.13. The molecule has 0 saturated carbocycles. The predicted molar refractivity (Wildman–Crippen MR) is 75.0 cm³/mol. The monoisotopic (exact) mass is 301 g/mol. The van der Waals surface area contributed by atoms with Gasteiger partial charge in [-0.25, -0.2) is 0 Å². The minimum Gasteiger partial charge on any atom is -0.302 e. The van der Waals surface area contributed by atoms with Gasteiger partial charge in [0.1, 0.15) is 0 Å². The first-order valence-electron chi connectivity index (χ1n) is 7.06. The molecular formula is C15H18F3NS. The van der Waals surface area contributed by atoms with E-state index < -0.39 is 12.1 Å². The standard InChI is InChI=1S/C15H18F3NS/c16-15(17,18)12-5-3-7-19(9-12)10-13-8-11-4-1-2-6-14(11)20-13/h1-2,4,6,12-13H,3,5,7-10H2. The summed E-state index contributed by atoms with van der Waals surface area (Å²) in [6, 6.07) is 8.28. The van der Waals surface area contributed by atoms with Gasteiger partial charge < -0.3 is 4.90 Å². The van der Waals surface area contributed by atoms with Crippen molar-refractivity contribution in [1.29, 1.82) is 0 Å². The van der Waals surface area contributed by atoms with E-state index in [4.69, 9.17) is 0 Å². The molecule has 1 nitrogen and oxygen atoms in total. The lowest BCUT2D eigenvalue weighted by Crippen LogP contribution is -2.44. The minimum atomic E-state index is -4.04. The van der Waals surface area contributed by atoms with Crippen LogP contribution in [0.1, 0.15) is 18.4 Å². The summed E-state index contributed by atoms with van der Waals surface area (Å²) in [4.78, 5) is 3.30. The Bertz CT molecular complexity index is 449. The van der Waals surface area contributed by atoms with E-state index in [1.54, 1.807) is 0 Å². The van der Waals surface area contributed by atoms with Crippen molar-refractivity contribution in [2.24, 2.45) is 5.92 Å². The highest BCUT2D eigenvalue weighted by Crippen LogP contribution is 2.38. The van der Waals surface area contributed by atoms with Crippen LogP contribution in [0.3, 0.4) is 0 Å². The molecule has 0 radical (unpaired) electrons. The molecule has 2 aliphatic heterocycles. The van der Waals surface area contributed by atoms with Crippen LogP contribution >= 0.6 is 11.8 Å². The second-order valence-electron chi connectivity index (χ2n) is 5.69. The Hall–Kier alpha value is -0.680. The highest BCUT2D eigenvalue weighted by molar-refractivity contribution is 8.00. The molecular weight excluding hydrogens is 283 g/mol. The highest BCUT2D eigenvalue weighted by atomic mass is 32.2. The molecule has 1 aromatic rings. The molecule has 2 atom stereocenters. The van der Waals surface area contributed by atoms with Crippen LogP contribution in [0.25, 0.3) is 0 Å². The average molecular weight is 301 g/mol. The smallest absolute Gasteiger partial charge is 0.302 e. The van der Waals surface area contributed by atoms with Gasteiger partial charge in [0.15, 0.2) is 0 Å². The molecule has 20 heavy (non-hydrogen) atoms. The zero-order chi connectivity index (χ0) is 14.2. The molecule has 2 unspecified atom stereocenters. The number of halogens is 3. The van der Waals surface area contributed by atoms with E-state index in [0.717, 1.165) is 19.5 Å². The number of hydrogen-bond donors (Lipinski definition) is 0. The molecule has 1 saturated heterocycles. The van der Waals surface area contributed by atoms with Gasteiger partial charge in [-0.05, 0) is 37.4 Å². The van der Waals surface area contributed by atoms with E-state index in [1.165, 1.54) is 10.5 Å². The summed E-state index contributed by atoms with van der Waals surface area (Å²) in [5.41, 5.74) is 1.34. The largest absolute Gasteiger partial charge is 0.393 e. The Morgan fingerprint density at radius 2 is 2.05 bits per heavy atom. The molecule has 1 fully saturated rings. The van der Waals surface area contributed by atoms with Gasteiger partial charge in [0.25, 0.3) is 0 Å². The first kappa shape index (κ1) is 14.3. The number of likely N-dealkylation sites (tertiary alicyclic amines) is 1. The third-order valence-electron chi connectivity index (χ3n) is 4.14. The van der Waals surface area contributed by atoms with Crippen molar-refractivity contribution in [3.05, 3.63) is 29.8 Å². The lowest BCUT2D eigenvalue weighted by molar-refractivity contribution is -0.186. The summed E-state index contributed by atoms with van der Waals surface area (Å²) in [6.07, 6.45) is -2.11. The van der Waals surface area contributed by atoms with E-state index in [1.807, 2.05) is 28.8 Å². The molecule has 0 aromatic heterocycles. The van der Waals surface area contributed by atoms with Crippen molar-refractivity contribution in [3.8, 4) is 0 Å². The maximum absolute atomic E-state index is 12.8. The Morgan fingerprint density at radius 3 is 2.80 bits per heavy atom. The predicted octanol–water partition coefficient (Wildman–Crippen LogP) is 3.98. The van der Waals surface area contributed by atoms with Gasteiger partial charge >= 0.3 is 6.18 Å². The van der Waals surface area contributed by atoms with E-state index in [2.05, 4.69) is 12.1 Å². The number of rotatable bonds is 2. The Kier molecular flexibility index (Phi) is 4.00. The van der Waals surface area contributed by atoms with Gasteiger partial charge in [0.2, 0.25) is 0 Å². The Labute approximate surface area is 121 Å². The fourth-order valence-corrected chi connectivity index (χ4v) is 4.50. The molecule has 0 aliphatic carbocycles. The highest BCUT2D eigenvalue weighted by Gasteiger charge is 2.42. The molecule has 2 aliphatic rings. The van der Waals surface area contributed by atoms with Crippen LogP contribution in [-0.4, -0.2) is 36.0 Å². The first-order chi connectivity index (χ1) is 9.52. The molecule has 1 aromatic carbocycles. The maximum atomic E-state index is 12.8. The molecule has 0 bridgehead atoms. The molecule has 0 spiro atoms. The summed E-state index contributed by atoms with van der Waals surface area (Å²) < 4.78 is 38.4. The van der Waals surface area contributed by atoms with Gasteiger partial charge in [0, 0.05) is 23.2 Å². The normalized spacial score (nSPS) is 27.6. The van der Waals surface area contributed by atoms with Gasteiger partial charge in [-0.1, -0.05) is 18.2 Å². The van der Waals surface area contributed by atoms with Crippen LogP contribution < -0.4 is 0 Å². The van der Waals surface area contributed by atoms with Crippen LogP contribution in [-0.2, 0) is 6.42 Å². The summed E-state index contributed by atoms with van der Waals surface area (Å²) in [6.45, 7) is 1.75. The summed E-state index contributed by atoms with van der Waals surface area (Å²) in [7, 11) is 0.